The van der Waals surface area contributed by atoms with Gasteiger partial charge in [0.1, 0.15) is 5.52 Å². The molecule has 27 heavy (non-hydrogen) atoms. The number of benzene rings is 1. The molecule has 1 aromatic carbocycles. The average molecular weight is 400 g/mol. The highest BCUT2D eigenvalue weighted by molar-refractivity contribution is 7.92. The summed E-state index contributed by atoms with van der Waals surface area (Å²) in [6, 6.07) is 9.89. The van der Waals surface area contributed by atoms with Gasteiger partial charge in [-0.3, -0.25) is 4.79 Å². The summed E-state index contributed by atoms with van der Waals surface area (Å²) in [4.78, 5) is 17.5. The Morgan fingerprint density at radius 1 is 1.22 bits per heavy atom. The molecule has 1 aliphatic carbocycles. The van der Waals surface area contributed by atoms with E-state index in [0.29, 0.717) is 27.8 Å². The molecule has 0 spiro atoms. The number of sulfone groups is 1. The molecule has 1 fully saturated rings. The first kappa shape index (κ1) is 16.6. The van der Waals surface area contributed by atoms with Crippen molar-refractivity contribution in [1.82, 2.24) is 19.3 Å². The summed E-state index contributed by atoms with van der Waals surface area (Å²) in [5.74, 6) is 0. The standard InChI is InChI=1S/C18H16N4O3S2/c1-27(24,25)18-20-16-15(26-18)13-9-19-21(10-11-5-3-2-4-6-11)17(23)14(13)22(16)12-7-8-12/h2-6,9,12H,7-8,10H2,1H3. The molecular formula is C18H16N4O3S2. The normalized spacial score (nSPS) is 15.0. The Balaban J connectivity index is 1.76. The number of fused-ring (bicyclic) bond motifs is 3. The molecule has 0 N–H and O–H groups in total. The zero-order chi connectivity index (χ0) is 18.8. The maximum atomic E-state index is 13.2. The van der Waals surface area contributed by atoms with E-state index in [0.717, 1.165) is 36.0 Å². The number of rotatable bonds is 4. The summed E-state index contributed by atoms with van der Waals surface area (Å²) in [6.07, 6.45) is 4.74. The quantitative estimate of drug-likeness (QED) is 0.525. The molecule has 1 aliphatic rings. The molecule has 0 atom stereocenters. The van der Waals surface area contributed by atoms with E-state index in [2.05, 4.69) is 10.1 Å². The van der Waals surface area contributed by atoms with Crippen LogP contribution < -0.4 is 5.56 Å². The van der Waals surface area contributed by atoms with E-state index in [-0.39, 0.29) is 15.9 Å². The van der Waals surface area contributed by atoms with Crippen molar-refractivity contribution in [1.29, 1.82) is 0 Å². The SMILES string of the molecule is CS(=O)(=O)c1nc2c(s1)c1cnn(Cc3ccccc3)c(=O)c1n2C1CC1. The molecule has 4 aromatic rings. The van der Waals surface area contributed by atoms with Crippen LogP contribution in [0, 0.1) is 0 Å². The predicted molar refractivity (Wildman–Crippen MR) is 104 cm³/mol. The van der Waals surface area contributed by atoms with Crippen molar-refractivity contribution in [2.24, 2.45) is 0 Å². The highest BCUT2D eigenvalue weighted by Crippen LogP contribution is 2.43. The Hall–Kier alpha value is -2.52. The van der Waals surface area contributed by atoms with E-state index >= 15 is 0 Å². The lowest BCUT2D eigenvalue weighted by molar-refractivity contribution is 0.601. The summed E-state index contributed by atoms with van der Waals surface area (Å²) in [6.45, 7) is 0.390. The van der Waals surface area contributed by atoms with Crippen molar-refractivity contribution in [3.05, 3.63) is 52.4 Å². The smallest absolute Gasteiger partial charge is 0.291 e. The molecule has 0 saturated heterocycles. The number of hydrogen-bond donors (Lipinski definition) is 0. The molecule has 0 radical (unpaired) electrons. The van der Waals surface area contributed by atoms with Gasteiger partial charge in [0.2, 0.25) is 14.2 Å². The first-order valence-electron chi connectivity index (χ1n) is 8.58. The van der Waals surface area contributed by atoms with Gasteiger partial charge in [-0.15, -0.1) is 11.3 Å². The van der Waals surface area contributed by atoms with Gasteiger partial charge >= 0.3 is 0 Å². The molecule has 0 amide bonds. The molecule has 138 valence electrons. The van der Waals surface area contributed by atoms with Crippen LogP contribution in [0.25, 0.3) is 21.3 Å². The van der Waals surface area contributed by atoms with Crippen LogP contribution in [0.15, 0.2) is 45.7 Å². The van der Waals surface area contributed by atoms with Crippen LogP contribution in [0.4, 0.5) is 0 Å². The van der Waals surface area contributed by atoms with Gasteiger partial charge in [0.25, 0.3) is 5.56 Å². The fourth-order valence-electron chi connectivity index (χ4n) is 3.33. The van der Waals surface area contributed by atoms with Crippen LogP contribution in [0.3, 0.4) is 0 Å². The second-order valence-electron chi connectivity index (χ2n) is 6.86. The van der Waals surface area contributed by atoms with Gasteiger partial charge in [0, 0.05) is 17.7 Å². The van der Waals surface area contributed by atoms with E-state index in [4.69, 9.17) is 0 Å². The molecule has 5 rings (SSSR count). The molecular weight excluding hydrogens is 384 g/mol. The van der Waals surface area contributed by atoms with Gasteiger partial charge in [-0.2, -0.15) is 5.10 Å². The fraction of sp³-hybridized carbons (Fsp3) is 0.278. The third-order valence-corrected chi connectivity index (χ3v) is 7.48. The summed E-state index contributed by atoms with van der Waals surface area (Å²) in [7, 11) is -3.39. The van der Waals surface area contributed by atoms with Crippen molar-refractivity contribution in [3.8, 4) is 0 Å². The monoisotopic (exact) mass is 400 g/mol. The van der Waals surface area contributed by atoms with Gasteiger partial charge in [-0.25, -0.2) is 18.1 Å². The van der Waals surface area contributed by atoms with Gasteiger partial charge in [-0.1, -0.05) is 30.3 Å². The lowest BCUT2D eigenvalue weighted by Gasteiger charge is -2.07. The Kier molecular flexibility index (Phi) is 3.54. The number of nitrogens with zero attached hydrogens (tertiary/aromatic N) is 4. The highest BCUT2D eigenvalue weighted by atomic mass is 32.2. The van der Waals surface area contributed by atoms with Crippen LogP contribution in [0.5, 0.6) is 0 Å². The molecule has 3 aromatic heterocycles. The number of hydrogen-bond acceptors (Lipinski definition) is 6. The third kappa shape index (κ3) is 2.69. The van der Waals surface area contributed by atoms with Crippen LogP contribution in [-0.2, 0) is 16.4 Å². The fourth-order valence-corrected chi connectivity index (χ4v) is 5.24. The number of aromatic nitrogens is 4. The Bertz CT molecular complexity index is 1350. The van der Waals surface area contributed by atoms with Crippen LogP contribution >= 0.6 is 11.3 Å². The van der Waals surface area contributed by atoms with E-state index in [1.807, 2.05) is 34.9 Å². The topological polar surface area (TPSA) is 86.8 Å². The second kappa shape index (κ2) is 5.74. The van der Waals surface area contributed by atoms with Crippen molar-refractivity contribution >= 4 is 42.4 Å². The van der Waals surface area contributed by atoms with Crippen LogP contribution in [0.1, 0.15) is 24.4 Å². The molecule has 0 bridgehead atoms. The Morgan fingerprint density at radius 3 is 2.63 bits per heavy atom. The minimum atomic E-state index is -3.39. The molecule has 7 nitrogen and oxygen atoms in total. The Morgan fingerprint density at radius 2 is 1.96 bits per heavy atom. The minimum Gasteiger partial charge on any atom is -0.317 e. The maximum absolute atomic E-state index is 13.2. The van der Waals surface area contributed by atoms with Crippen molar-refractivity contribution in [2.75, 3.05) is 6.26 Å². The van der Waals surface area contributed by atoms with Gasteiger partial charge in [0.15, 0.2) is 5.65 Å². The molecule has 9 heteroatoms. The van der Waals surface area contributed by atoms with Gasteiger partial charge < -0.3 is 4.57 Å². The second-order valence-corrected chi connectivity index (χ2v) is 10.0. The zero-order valence-electron chi connectivity index (χ0n) is 14.5. The molecule has 0 aliphatic heterocycles. The van der Waals surface area contributed by atoms with E-state index in [1.165, 1.54) is 4.68 Å². The first-order valence-corrected chi connectivity index (χ1v) is 11.3. The first-order chi connectivity index (χ1) is 12.9. The largest absolute Gasteiger partial charge is 0.317 e. The summed E-state index contributed by atoms with van der Waals surface area (Å²) in [5.41, 5.74) is 1.97. The summed E-state index contributed by atoms with van der Waals surface area (Å²) in [5, 5.41) is 5.02. The average Bonchev–Trinajstić information content (AvgIpc) is 3.27. The summed E-state index contributed by atoms with van der Waals surface area (Å²) >= 11 is 1.11. The van der Waals surface area contributed by atoms with Crippen molar-refractivity contribution in [2.45, 2.75) is 29.8 Å². The maximum Gasteiger partial charge on any atom is 0.291 e. The third-order valence-electron chi connectivity index (χ3n) is 4.73. The molecule has 0 unspecified atom stereocenters. The minimum absolute atomic E-state index is 0.0808. The highest BCUT2D eigenvalue weighted by Gasteiger charge is 2.32. The lowest BCUT2D eigenvalue weighted by atomic mass is 10.2. The van der Waals surface area contributed by atoms with Crippen molar-refractivity contribution in [3.63, 3.8) is 0 Å². The van der Waals surface area contributed by atoms with Gasteiger partial charge in [-0.05, 0) is 18.4 Å². The van der Waals surface area contributed by atoms with Crippen LogP contribution in [0.2, 0.25) is 0 Å². The van der Waals surface area contributed by atoms with Crippen molar-refractivity contribution < 1.29 is 8.42 Å². The van der Waals surface area contributed by atoms with E-state index < -0.39 is 9.84 Å². The van der Waals surface area contributed by atoms with Gasteiger partial charge in [0.05, 0.1) is 17.4 Å². The van der Waals surface area contributed by atoms with E-state index in [9.17, 15) is 13.2 Å². The number of thiazole rings is 1. The summed E-state index contributed by atoms with van der Waals surface area (Å²) < 4.78 is 28.0. The zero-order valence-corrected chi connectivity index (χ0v) is 16.1. The van der Waals surface area contributed by atoms with Crippen LogP contribution in [-0.4, -0.2) is 34.0 Å². The van der Waals surface area contributed by atoms with E-state index in [1.54, 1.807) is 6.20 Å². The lowest BCUT2D eigenvalue weighted by Crippen LogP contribution is -2.24. The Labute approximate surface area is 158 Å². The molecule has 1 saturated carbocycles. The molecule has 3 heterocycles. The predicted octanol–water partition coefficient (Wildman–Crippen LogP) is 2.59.